The van der Waals surface area contributed by atoms with Gasteiger partial charge in [0, 0.05) is 48.7 Å². The van der Waals surface area contributed by atoms with Crippen LogP contribution in [0.3, 0.4) is 0 Å². The van der Waals surface area contributed by atoms with Gasteiger partial charge >= 0.3 is 0 Å². The Balaban J connectivity index is 1.39. The predicted octanol–water partition coefficient (Wildman–Crippen LogP) is 3.76. The van der Waals surface area contributed by atoms with Gasteiger partial charge in [-0.2, -0.15) is 0 Å². The number of nitrogens with zero attached hydrogens (tertiary/aromatic N) is 2. The second kappa shape index (κ2) is 7.54. The Kier molecular flexibility index (Phi) is 4.51. The Labute approximate surface area is 204 Å². The maximum atomic E-state index is 13.6. The summed E-state index contributed by atoms with van der Waals surface area (Å²) in [5.41, 5.74) is 7.18. The molecule has 0 atom stereocenters. The van der Waals surface area contributed by atoms with Gasteiger partial charge in [-0.25, -0.2) is 0 Å². The summed E-state index contributed by atoms with van der Waals surface area (Å²) in [6.07, 6.45) is 9.13. The monoisotopic (exact) mass is 468 g/mol. The molecule has 0 aromatic heterocycles. The first-order valence-electron chi connectivity index (χ1n) is 12.9. The number of aryl methyl sites for hydroxylation is 2. The third kappa shape index (κ3) is 2.92. The maximum Gasteiger partial charge on any atom is 0.238 e. The smallest absolute Gasteiger partial charge is 0.238 e. The predicted molar refractivity (Wildman–Crippen MR) is 132 cm³/mol. The second-order valence-electron chi connectivity index (χ2n) is 10.5. The number of benzene rings is 1. The molecule has 0 amide bonds. The summed E-state index contributed by atoms with van der Waals surface area (Å²) in [6.45, 7) is 3.99. The van der Waals surface area contributed by atoms with Crippen LogP contribution in [0.1, 0.15) is 55.2 Å². The molecule has 7 rings (SSSR count). The first-order valence-corrected chi connectivity index (χ1v) is 12.9. The average Bonchev–Trinajstić information content (AvgIpc) is 3.09. The van der Waals surface area contributed by atoms with E-state index in [2.05, 4.69) is 9.80 Å². The number of hydrogen-bond acceptors (Lipinski definition) is 6. The quantitative estimate of drug-likeness (QED) is 0.500. The van der Waals surface area contributed by atoms with Crippen LogP contribution < -0.4 is 4.90 Å². The van der Waals surface area contributed by atoms with Gasteiger partial charge in [0.2, 0.25) is 11.6 Å². The van der Waals surface area contributed by atoms with E-state index in [0.717, 1.165) is 88.0 Å². The van der Waals surface area contributed by atoms with Crippen molar-refractivity contribution in [2.75, 3.05) is 31.1 Å². The lowest BCUT2D eigenvalue weighted by Gasteiger charge is -2.40. The molecule has 1 fully saturated rings. The molecule has 4 aliphatic heterocycles. The summed E-state index contributed by atoms with van der Waals surface area (Å²) in [6, 6.07) is 3.95. The van der Waals surface area contributed by atoms with Crippen molar-refractivity contribution in [3.05, 3.63) is 68.6 Å². The first kappa shape index (κ1) is 20.9. The van der Waals surface area contributed by atoms with Crippen LogP contribution in [0.5, 0.6) is 0 Å². The zero-order valence-electron chi connectivity index (χ0n) is 19.8. The highest BCUT2D eigenvalue weighted by Gasteiger charge is 2.43. The first-order chi connectivity index (χ1) is 17.0. The van der Waals surface area contributed by atoms with Gasteiger partial charge in [-0.05, 0) is 91.8 Å². The Morgan fingerprint density at radius 3 is 2.00 bits per heavy atom. The number of allylic oxidation sites excluding steroid dienone is 6. The Morgan fingerprint density at radius 1 is 0.686 bits per heavy atom. The lowest BCUT2D eigenvalue weighted by atomic mass is 9.80. The van der Waals surface area contributed by atoms with Crippen molar-refractivity contribution in [2.24, 2.45) is 0 Å². The summed E-state index contributed by atoms with van der Waals surface area (Å²) >= 11 is 0. The lowest BCUT2D eigenvalue weighted by Crippen LogP contribution is -2.37. The second-order valence-corrected chi connectivity index (χ2v) is 10.5. The van der Waals surface area contributed by atoms with Crippen LogP contribution in [0.25, 0.3) is 5.57 Å². The van der Waals surface area contributed by atoms with E-state index in [1.807, 2.05) is 12.1 Å². The number of carbonyl (C=O) groups is 3. The molecule has 0 unspecified atom stereocenters. The molecule has 4 heterocycles. The van der Waals surface area contributed by atoms with Crippen LogP contribution in [-0.4, -0.2) is 53.5 Å². The van der Waals surface area contributed by atoms with E-state index >= 15 is 0 Å². The van der Waals surface area contributed by atoms with Crippen molar-refractivity contribution < 1.29 is 19.5 Å². The molecule has 0 saturated carbocycles. The number of piperidine rings is 1. The van der Waals surface area contributed by atoms with Crippen molar-refractivity contribution in [2.45, 2.75) is 51.4 Å². The number of carbonyl (C=O) groups excluding carboxylic acids is 3. The van der Waals surface area contributed by atoms with Gasteiger partial charge in [0.05, 0.1) is 11.1 Å². The van der Waals surface area contributed by atoms with Crippen LogP contribution in [0.15, 0.2) is 52.0 Å². The maximum absolute atomic E-state index is 13.6. The zero-order chi connectivity index (χ0) is 23.8. The summed E-state index contributed by atoms with van der Waals surface area (Å²) in [7, 11) is 0. The highest BCUT2D eigenvalue weighted by Crippen LogP contribution is 2.44. The van der Waals surface area contributed by atoms with E-state index in [1.165, 1.54) is 16.8 Å². The fourth-order valence-corrected chi connectivity index (χ4v) is 7.05. The molecule has 1 saturated heterocycles. The van der Waals surface area contributed by atoms with E-state index in [-0.39, 0.29) is 28.3 Å². The number of ketones is 3. The molecular weight excluding hydrogens is 440 g/mol. The van der Waals surface area contributed by atoms with Crippen molar-refractivity contribution in [1.29, 1.82) is 0 Å². The van der Waals surface area contributed by atoms with Gasteiger partial charge in [-0.1, -0.05) is 0 Å². The minimum atomic E-state index is -0.766. The Hall–Kier alpha value is -3.41. The third-order valence-corrected chi connectivity index (χ3v) is 8.50. The van der Waals surface area contributed by atoms with E-state index in [0.29, 0.717) is 12.0 Å². The SMILES string of the molecule is O=C1C(=O)/C(=C2/C=C3CCCN4CCCC(=C34)C2=O)C(O)=C1c1cc2c3c(c1)CCCN3CCC2. The van der Waals surface area contributed by atoms with Gasteiger partial charge in [-0.3, -0.25) is 14.4 Å². The highest BCUT2D eigenvalue weighted by molar-refractivity contribution is 6.63. The van der Waals surface area contributed by atoms with Crippen LogP contribution >= 0.6 is 0 Å². The summed E-state index contributed by atoms with van der Waals surface area (Å²) < 4.78 is 0. The largest absolute Gasteiger partial charge is 0.506 e. The van der Waals surface area contributed by atoms with Crippen LogP contribution in [0.2, 0.25) is 0 Å². The number of hydrogen-bond donors (Lipinski definition) is 1. The molecule has 6 aliphatic rings. The van der Waals surface area contributed by atoms with E-state index in [9.17, 15) is 19.5 Å². The number of aliphatic hydroxyl groups is 1. The molecule has 1 aromatic carbocycles. The Morgan fingerprint density at radius 2 is 1.29 bits per heavy atom. The summed E-state index contributed by atoms with van der Waals surface area (Å²) in [5.74, 6) is -2.02. The molecule has 1 aromatic rings. The van der Waals surface area contributed by atoms with Crippen molar-refractivity contribution in [3.63, 3.8) is 0 Å². The molecule has 0 bridgehead atoms. The van der Waals surface area contributed by atoms with Crippen molar-refractivity contribution in [1.82, 2.24) is 4.90 Å². The van der Waals surface area contributed by atoms with Gasteiger partial charge in [-0.15, -0.1) is 0 Å². The average molecular weight is 469 g/mol. The van der Waals surface area contributed by atoms with Gasteiger partial charge in [0.25, 0.3) is 0 Å². The number of rotatable bonds is 1. The molecule has 6 heteroatoms. The zero-order valence-corrected chi connectivity index (χ0v) is 19.8. The Bertz CT molecular complexity index is 1340. The van der Waals surface area contributed by atoms with E-state index in [4.69, 9.17) is 0 Å². The third-order valence-electron chi connectivity index (χ3n) is 8.50. The molecule has 178 valence electrons. The fourth-order valence-electron chi connectivity index (χ4n) is 7.05. The molecule has 0 radical (unpaired) electrons. The molecule has 1 N–H and O–H groups in total. The molecular formula is C29H28N2O4. The lowest BCUT2D eigenvalue weighted by molar-refractivity contribution is -0.130. The number of Topliss-reactive ketones (excluding diaryl/α,β-unsaturated/α-hetero) is 3. The summed E-state index contributed by atoms with van der Waals surface area (Å²) in [5, 5.41) is 11.3. The van der Waals surface area contributed by atoms with Crippen molar-refractivity contribution in [3.8, 4) is 0 Å². The summed E-state index contributed by atoms with van der Waals surface area (Å²) in [4.78, 5) is 44.8. The van der Waals surface area contributed by atoms with E-state index < -0.39 is 11.6 Å². The van der Waals surface area contributed by atoms with Crippen LogP contribution in [-0.2, 0) is 27.2 Å². The number of anilines is 1. The molecule has 0 spiro atoms. The van der Waals surface area contributed by atoms with Gasteiger partial charge in [0.1, 0.15) is 5.76 Å². The number of aliphatic hydroxyl groups excluding tert-OH is 1. The fraction of sp³-hybridized carbons (Fsp3) is 0.414. The van der Waals surface area contributed by atoms with Gasteiger partial charge in [0.15, 0.2) is 5.78 Å². The van der Waals surface area contributed by atoms with Crippen molar-refractivity contribution >= 4 is 28.6 Å². The normalized spacial score (nSPS) is 25.8. The van der Waals surface area contributed by atoms with Crippen LogP contribution in [0.4, 0.5) is 5.69 Å². The highest BCUT2D eigenvalue weighted by atomic mass is 16.3. The molecule has 6 nitrogen and oxygen atoms in total. The molecule has 35 heavy (non-hydrogen) atoms. The molecule has 2 aliphatic carbocycles. The van der Waals surface area contributed by atoms with Crippen LogP contribution in [0, 0.1) is 0 Å². The topological polar surface area (TPSA) is 77.9 Å². The van der Waals surface area contributed by atoms with E-state index in [1.54, 1.807) is 6.08 Å². The standard InChI is InChI=1S/C29H28N2O4/c32-26-20-8-4-12-31-11-3-7-18(25(20)31)15-21(26)23-27(33)22(28(34)29(23)35)19-13-16-5-1-9-30-10-2-6-17(14-19)24(16)30/h13-15,33H,1-12H2/b23-21-. The minimum absolute atomic E-state index is 0.0548. The van der Waals surface area contributed by atoms with Gasteiger partial charge < -0.3 is 14.9 Å². The minimum Gasteiger partial charge on any atom is -0.506 e.